The molecule has 0 fully saturated rings. The average Bonchev–Trinajstić information content (AvgIpc) is 2.77. The molecule has 0 bridgehead atoms. The quantitative estimate of drug-likeness (QED) is 0.296. The fourth-order valence-electron chi connectivity index (χ4n) is 3.17. The summed E-state index contributed by atoms with van der Waals surface area (Å²) in [4.78, 5) is 0. The van der Waals surface area contributed by atoms with Gasteiger partial charge in [-0.05, 0) is 38.2 Å². The standard InChI is InChI=1S/C26H31O2P/c1-3-5-20-27-23-16-10-12-18-25(23)29(22-14-8-7-9-15-22)26-19-13-11-17-24(26)28-21-6-4-2/h7-19H,3-6,20-21H2,1-2H3. The maximum absolute atomic E-state index is 6.22. The highest BCUT2D eigenvalue weighted by Gasteiger charge is 2.23. The van der Waals surface area contributed by atoms with Crippen LogP contribution in [0, 0.1) is 0 Å². The predicted octanol–water partition coefficient (Wildman–Crippen LogP) is 5.80. The first-order valence-electron chi connectivity index (χ1n) is 10.6. The van der Waals surface area contributed by atoms with Crippen LogP contribution >= 0.6 is 7.92 Å². The van der Waals surface area contributed by atoms with E-state index in [0.717, 1.165) is 50.4 Å². The maximum atomic E-state index is 6.22. The first kappa shape index (κ1) is 21.4. The Labute approximate surface area is 176 Å². The Hall–Kier alpha value is -2.31. The van der Waals surface area contributed by atoms with Crippen molar-refractivity contribution in [1.82, 2.24) is 0 Å². The van der Waals surface area contributed by atoms with Crippen molar-refractivity contribution in [3.63, 3.8) is 0 Å². The van der Waals surface area contributed by atoms with E-state index in [4.69, 9.17) is 9.47 Å². The number of rotatable bonds is 11. The Kier molecular flexibility index (Phi) is 8.58. The third-order valence-corrected chi connectivity index (χ3v) is 7.25. The molecule has 0 saturated heterocycles. The highest BCUT2D eigenvalue weighted by Crippen LogP contribution is 2.39. The lowest BCUT2D eigenvalue weighted by atomic mass is 10.3. The van der Waals surface area contributed by atoms with Gasteiger partial charge in [0, 0.05) is 10.6 Å². The third kappa shape index (κ3) is 5.84. The van der Waals surface area contributed by atoms with E-state index in [1.165, 1.54) is 15.9 Å². The van der Waals surface area contributed by atoms with Gasteiger partial charge in [-0.15, -0.1) is 0 Å². The van der Waals surface area contributed by atoms with Gasteiger partial charge in [-0.2, -0.15) is 0 Å². The maximum Gasteiger partial charge on any atom is 0.127 e. The van der Waals surface area contributed by atoms with E-state index < -0.39 is 7.92 Å². The van der Waals surface area contributed by atoms with Gasteiger partial charge in [0.2, 0.25) is 0 Å². The van der Waals surface area contributed by atoms with Gasteiger partial charge in [0.05, 0.1) is 13.2 Å². The van der Waals surface area contributed by atoms with Crippen LogP contribution in [0.15, 0.2) is 78.9 Å². The second-order valence-corrected chi connectivity index (χ2v) is 9.16. The molecule has 0 aliphatic rings. The molecule has 0 atom stereocenters. The Morgan fingerprint density at radius 1 is 0.586 bits per heavy atom. The zero-order chi connectivity index (χ0) is 20.3. The van der Waals surface area contributed by atoms with Crippen LogP contribution in [0.5, 0.6) is 11.5 Å². The van der Waals surface area contributed by atoms with Crippen LogP contribution in [-0.2, 0) is 0 Å². The van der Waals surface area contributed by atoms with Crippen molar-refractivity contribution < 1.29 is 9.47 Å². The lowest BCUT2D eigenvalue weighted by molar-refractivity contribution is 0.311. The summed E-state index contributed by atoms with van der Waals surface area (Å²) in [5, 5.41) is 3.80. The molecule has 29 heavy (non-hydrogen) atoms. The van der Waals surface area contributed by atoms with Gasteiger partial charge in [-0.1, -0.05) is 93.4 Å². The minimum atomic E-state index is -0.779. The molecule has 0 unspecified atom stereocenters. The van der Waals surface area contributed by atoms with Gasteiger partial charge >= 0.3 is 0 Å². The number of benzene rings is 3. The van der Waals surface area contributed by atoms with Crippen LogP contribution in [0.1, 0.15) is 39.5 Å². The molecule has 0 N–H and O–H groups in total. The van der Waals surface area contributed by atoms with Crippen molar-refractivity contribution in [3.8, 4) is 11.5 Å². The number of hydrogen-bond acceptors (Lipinski definition) is 2. The zero-order valence-corrected chi connectivity index (χ0v) is 18.4. The molecule has 3 heteroatoms. The van der Waals surface area contributed by atoms with Crippen molar-refractivity contribution in [2.45, 2.75) is 39.5 Å². The molecule has 0 saturated carbocycles. The average molecular weight is 407 g/mol. The van der Waals surface area contributed by atoms with Crippen LogP contribution in [0.2, 0.25) is 0 Å². The molecular weight excluding hydrogens is 375 g/mol. The van der Waals surface area contributed by atoms with Crippen LogP contribution in [0.4, 0.5) is 0 Å². The topological polar surface area (TPSA) is 18.5 Å². The summed E-state index contributed by atoms with van der Waals surface area (Å²) in [6.07, 6.45) is 4.38. The summed E-state index contributed by atoms with van der Waals surface area (Å²) in [6, 6.07) is 27.7. The van der Waals surface area contributed by atoms with Gasteiger partial charge in [0.25, 0.3) is 0 Å². The van der Waals surface area contributed by atoms with E-state index in [1.54, 1.807) is 0 Å². The second kappa shape index (κ2) is 11.6. The summed E-state index contributed by atoms with van der Waals surface area (Å²) in [6.45, 7) is 5.88. The van der Waals surface area contributed by atoms with E-state index in [9.17, 15) is 0 Å². The molecule has 0 aromatic heterocycles. The van der Waals surface area contributed by atoms with Crippen molar-refractivity contribution in [1.29, 1.82) is 0 Å². The fourth-order valence-corrected chi connectivity index (χ4v) is 5.64. The third-order valence-electron chi connectivity index (χ3n) is 4.74. The Morgan fingerprint density at radius 2 is 1.03 bits per heavy atom. The van der Waals surface area contributed by atoms with E-state index >= 15 is 0 Å². The molecule has 152 valence electrons. The van der Waals surface area contributed by atoms with E-state index in [-0.39, 0.29) is 0 Å². The molecule has 3 aromatic rings. The lowest BCUT2D eigenvalue weighted by Crippen LogP contribution is -2.24. The Bertz CT molecular complexity index is 810. The van der Waals surface area contributed by atoms with Gasteiger partial charge in [-0.25, -0.2) is 0 Å². The molecule has 2 nitrogen and oxygen atoms in total. The highest BCUT2D eigenvalue weighted by atomic mass is 31.1. The van der Waals surface area contributed by atoms with Crippen LogP contribution < -0.4 is 25.4 Å². The van der Waals surface area contributed by atoms with Gasteiger partial charge in [-0.3, -0.25) is 0 Å². The summed E-state index contributed by atoms with van der Waals surface area (Å²) in [5.41, 5.74) is 0. The highest BCUT2D eigenvalue weighted by molar-refractivity contribution is 7.80. The first-order valence-corrected chi connectivity index (χ1v) is 12.0. The Morgan fingerprint density at radius 3 is 1.52 bits per heavy atom. The van der Waals surface area contributed by atoms with Gasteiger partial charge in [0.1, 0.15) is 11.5 Å². The minimum Gasteiger partial charge on any atom is -0.493 e. The summed E-state index contributed by atoms with van der Waals surface area (Å²) >= 11 is 0. The smallest absolute Gasteiger partial charge is 0.127 e. The molecular formula is C26H31O2P. The normalized spacial score (nSPS) is 10.9. The fraction of sp³-hybridized carbons (Fsp3) is 0.308. The summed E-state index contributed by atoms with van der Waals surface area (Å²) < 4.78 is 12.4. The minimum absolute atomic E-state index is 0.750. The molecule has 3 aromatic carbocycles. The van der Waals surface area contributed by atoms with Crippen LogP contribution in [0.25, 0.3) is 0 Å². The van der Waals surface area contributed by atoms with Crippen molar-refractivity contribution >= 4 is 23.8 Å². The van der Waals surface area contributed by atoms with Gasteiger partial charge in [0.15, 0.2) is 0 Å². The van der Waals surface area contributed by atoms with E-state index in [0.29, 0.717) is 0 Å². The molecule has 0 radical (unpaired) electrons. The van der Waals surface area contributed by atoms with Crippen molar-refractivity contribution in [2.75, 3.05) is 13.2 Å². The second-order valence-electron chi connectivity index (χ2n) is 7.01. The molecule has 0 amide bonds. The van der Waals surface area contributed by atoms with E-state index in [2.05, 4.69) is 92.7 Å². The van der Waals surface area contributed by atoms with E-state index in [1.807, 2.05) is 0 Å². The van der Waals surface area contributed by atoms with Crippen LogP contribution in [0.3, 0.4) is 0 Å². The number of hydrogen-bond donors (Lipinski definition) is 0. The SMILES string of the molecule is CCCCOc1ccccc1P(c1ccccc1)c1ccccc1OCCCC. The number of para-hydroxylation sites is 2. The monoisotopic (exact) mass is 406 g/mol. The predicted molar refractivity (Wildman–Crippen MR) is 126 cm³/mol. The molecule has 0 aliphatic carbocycles. The summed E-state index contributed by atoms with van der Waals surface area (Å²) in [5.74, 6) is 1.97. The Balaban J connectivity index is 2.05. The molecule has 0 heterocycles. The van der Waals surface area contributed by atoms with Crippen molar-refractivity contribution in [2.24, 2.45) is 0 Å². The molecule has 0 aliphatic heterocycles. The molecule has 3 rings (SSSR count). The van der Waals surface area contributed by atoms with Gasteiger partial charge < -0.3 is 9.47 Å². The van der Waals surface area contributed by atoms with Crippen molar-refractivity contribution in [3.05, 3.63) is 78.9 Å². The summed E-state index contributed by atoms with van der Waals surface area (Å²) in [7, 11) is -0.779. The number of ether oxygens (including phenoxy) is 2. The molecule has 0 spiro atoms. The van der Waals surface area contributed by atoms with Crippen LogP contribution in [-0.4, -0.2) is 13.2 Å². The number of unbranched alkanes of at least 4 members (excludes halogenated alkanes) is 2. The first-order chi connectivity index (χ1) is 14.3. The largest absolute Gasteiger partial charge is 0.493 e. The zero-order valence-electron chi connectivity index (χ0n) is 17.5. The lowest BCUT2D eigenvalue weighted by Gasteiger charge is -2.24.